The quantitative estimate of drug-likeness (QED) is 0.137. The highest BCUT2D eigenvalue weighted by Crippen LogP contribution is 2.37. The van der Waals surface area contributed by atoms with E-state index < -0.39 is 5.91 Å². The lowest BCUT2D eigenvalue weighted by Gasteiger charge is -2.36. The Morgan fingerprint density at radius 3 is 2.43 bits per heavy atom. The molecule has 3 aromatic carbocycles. The molecule has 0 radical (unpaired) electrons. The zero-order valence-electron chi connectivity index (χ0n) is 29.3. The zero-order valence-corrected chi connectivity index (χ0v) is 30.1. The summed E-state index contributed by atoms with van der Waals surface area (Å²) in [5, 5.41) is 6.73. The summed E-state index contributed by atoms with van der Waals surface area (Å²) in [5.74, 6) is 1.33. The second kappa shape index (κ2) is 16.8. The number of hydrogen-bond donors (Lipinski definition) is 2. The lowest BCUT2D eigenvalue weighted by molar-refractivity contribution is 0.0972. The van der Waals surface area contributed by atoms with Crippen molar-refractivity contribution in [1.82, 2.24) is 19.8 Å². The minimum atomic E-state index is -0.401. The Morgan fingerprint density at radius 2 is 1.73 bits per heavy atom. The number of nitrogens with zero attached hydrogens (tertiary/aromatic N) is 4. The van der Waals surface area contributed by atoms with Gasteiger partial charge in [-0.3, -0.25) is 14.6 Å². The molecule has 0 spiro atoms. The number of hydrogen-bond acceptors (Lipinski definition) is 9. The van der Waals surface area contributed by atoms with E-state index in [0.717, 1.165) is 67.9 Å². The highest BCUT2D eigenvalue weighted by molar-refractivity contribution is 6.32. The molecule has 0 atom stereocenters. The Bertz CT molecular complexity index is 1720. The molecule has 0 bridgehead atoms. The van der Waals surface area contributed by atoms with Gasteiger partial charge in [-0.1, -0.05) is 55.3 Å². The van der Waals surface area contributed by atoms with Gasteiger partial charge in [0.25, 0.3) is 5.91 Å². The van der Waals surface area contributed by atoms with Crippen LogP contribution in [0.15, 0.2) is 60.8 Å². The average Bonchev–Trinajstić information content (AvgIpc) is 3.08. The van der Waals surface area contributed by atoms with Crippen LogP contribution in [-0.2, 0) is 6.42 Å². The number of para-hydroxylation sites is 2. The number of ether oxygens (including phenoxy) is 3. The van der Waals surface area contributed by atoms with Gasteiger partial charge < -0.3 is 24.8 Å². The number of methoxy groups -OCH3 is 1. The van der Waals surface area contributed by atoms with E-state index in [1.54, 1.807) is 13.2 Å². The SMILES string of the molecule is CCCc1ccc(Oc2nc(Nc3cccc(Cl)c3OCCN3CCN(C(C)C)CC3)ncc2C(=O)Nc2c(C)cccc2C)c(OC)c1. The number of piperazine rings is 1. The molecule has 1 aromatic heterocycles. The first-order valence-corrected chi connectivity index (χ1v) is 17.3. The van der Waals surface area contributed by atoms with Crippen LogP contribution in [0, 0.1) is 13.8 Å². The topological polar surface area (TPSA) is 101 Å². The number of aryl methyl sites for hydroxylation is 3. The summed E-state index contributed by atoms with van der Waals surface area (Å²) in [6, 6.07) is 17.6. The lowest BCUT2D eigenvalue weighted by atomic mass is 10.1. The number of benzene rings is 3. The van der Waals surface area contributed by atoms with Gasteiger partial charge in [-0.25, -0.2) is 4.98 Å². The Morgan fingerprint density at radius 1 is 1.00 bits per heavy atom. The second-order valence-electron chi connectivity index (χ2n) is 12.5. The second-order valence-corrected chi connectivity index (χ2v) is 12.9. The smallest absolute Gasteiger partial charge is 0.262 e. The highest BCUT2D eigenvalue weighted by Gasteiger charge is 2.22. The van der Waals surface area contributed by atoms with E-state index in [9.17, 15) is 4.79 Å². The standard InChI is InChI=1S/C38H47ClN6O4/c1-7-10-28-15-16-32(33(23-28)47-6)49-37-29(36(46)42-34-26(4)11-8-12-27(34)5)24-40-38(43-37)41-31-14-9-13-30(39)35(31)48-22-21-44-17-19-45(20-18-44)25(2)3/h8-9,11-16,23-25H,7,10,17-22H2,1-6H3,(H,42,46)(H,40,41,43). The molecule has 1 amide bonds. The molecular formula is C38H47ClN6O4. The maximum absolute atomic E-state index is 13.7. The summed E-state index contributed by atoms with van der Waals surface area (Å²) in [5.41, 5.74) is 4.48. The molecule has 11 heteroatoms. The van der Waals surface area contributed by atoms with Crippen molar-refractivity contribution in [3.63, 3.8) is 0 Å². The van der Waals surface area contributed by atoms with Crippen LogP contribution in [0.1, 0.15) is 54.2 Å². The Kier molecular flexibility index (Phi) is 12.3. The van der Waals surface area contributed by atoms with Crippen molar-refractivity contribution >= 4 is 34.8 Å². The molecule has 1 saturated heterocycles. The van der Waals surface area contributed by atoms with Crippen molar-refractivity contribution in [2.45, 2.75) is 53.5 Å². The third kappa shape index (κ3) is 9.20. The van der Waals surface area contributed by atoms with Crippen LogP contribution >= 0.6 is 11.6 Å². The van der Waals surface area contributed by atoms with Crippen molar-refractivity contribution in [2.75, 3.05) is 57.1 Å². The Labute approximate surface area is 294 Å². The van der Waals surface area contributed by atoms with E-state index >= 15 is 0 Å². The highest BCUT2D eigenvalue weighted by atomic mass is 35.5. The molecule has 5 rings (SSSR count). The van der Waals surface area contributed by atoms with Gasteiger partial charge >= 0.3 is 0 Å². The number of aromatic nitrogens is 2. The number of anilines is 3. The number of halogens is 1. The summed E-state index contributed by atoms with van der Waals surface area (Å²) >= 11 is 6.63. The largest absolute Gasteiger partial charge is 0.493 e. The van der Waals surface area contributed by atoms with E-state index in [1.807, 2.05) is 62.4 Å². The molecule has 0 saturated carbocycles. The van der Waals surface area contributed by atoms with E-state index in [1.165, 1.54) is 6.20 Å². The van der Waals surface area contributed by atoms with Crippen LogP contribution in [0.2, 0.25) is 5.02 Å². The molecule has 10 nitrogen and oxygen atoms in total. The predicted octanol–water partition coefficient (Wildman–Crippen LogP) is 7.90. The van der Waals surface area contributed by atoms with E-state index in [0.29, 0.717) is 40.6 Å². The maximum atomic E-state index is 13.7. The van der Waals surface area contributed by atoms with Gasteiger partial charge in [0.2, 0.25) is 11.8 Å². The van der Waals surface area contributed by atoms with Gasteiger partial charge in [-0.05, 0) is 75.1 Å². The zero-order chi connectivity index (χ0) is 34.9. The molecule has 1 fully saturated rings. The third-order valence-electron chi connectivity index (χ3n) is 8.70. The van der Waals surface area contributed by atoms with Gasteiger partial charge in [-0.2, -0.15) is 4.98 Å². The number of rotatable bonds is 14. The lowest BCUT2D eigenvalue weighted by Crippen LogP contribution is -2.49. The predicted molar refractivity (Wildman–Crippen MR) is 196 cm³/mol. The summed E-state index contributed by atoms with van der Waals surface area (Å²) in [6.45, 7) is 15.8. The first-order valence-electron chi connectivity index (χ1n) is 16.9. The first-order chi connectivity index (χ1) is 23.7. The van der Waals surface area contributed by atoms with Gasteiger partial charge in [0, 0.05) is 50.6 Å². The Hall–Kier alpha value is -4.38. The van der Waals surface area contributed by atoms with Crippen LogP contribution in [0.25, 0.3) is 0 Å². The number of carbonyl (C=O) groups is 1. The normalized spacial score (nSPS) is 13.7. The fourth-order valence-corrected chi connectivity index (χ4v) is 6.08. The molecule has 260 valence electrons. The molecule has 0 aliphatic carbocycles. The van der Waals surface area contributed by atoms with Crippen LogP contribution in [0.3, 0.4) is 0 Å². The fourth-order valence-electron chi connectivity index (χ4n) is 5.85. The molecule has 2 N–H and O–H groups in total. The van der Waals surface area contributed by atoms with E-state index in [2.05, 4.69) is 51.2 Å². The molecule has 1 aliphatic rings. The monoisotopic (exact) mass is 686 g/mol. The molecule has 0 unspecified atom stereocenters. The van der Waals surface area contributed by atoms with E-state index in [-0.39, 0.29) is 17.4 Å². The van der Waals surface area contributed by atoms with Gasteiger partial charge in [-0.15, -0.1) is 0 Å². The third-order valence-corrected chi connectivity index (χ3v) is 8.99. The van der Waals surface area contributed by atoms with Gasteiger partial charge in [0.15, 0.2) is 17.2 Å². The van der Waals surface area contributed by atoms with E-state index in [4.69, 9.17) is 25.8 Å². The average molecular weight is 687 g/mol. The summed E-state index contributed by atoms with van der Waals surface area (Å²) in [7, 11) is 1.59. The van der Waals surface area contributed by atoms with Gasteiger partial charge in [0.1, 0.15) is 12.2 Å². The number of amides is 1. The van der Waals surface area contributed by atoms with Crippen molar-refractivity contribution in [1.29, 1.82) is 0 Å². The van der Waals surface area contributed by atoms with Crippen molar-refractivity contribution in [2.24, 2.45) is 0 Å². The molecule has 1 aliphatic heterocycles. The number of nitrogens with one attached hydrogen (secondary N) is 2. The van der Waals surface area contributed by atoms with Crippen LogP contribution < -0.4 is 24.8 Å². The van der Waals surface area contributed by atoms with Crippen LogP contribution in [0.4, 0.5) is 17.3 Å². The fraction of sp³-hybridized carbons (Fsp3) is 0.395. The van der Waals surface area contributed by atoms with Crippen molar-refractivity contribution < 1.29 is 19.0 Å². The van der Waals surface area contributed by atoms with Crippen molar-refractivity contribution in [3.8, 4) is 23.1 Å². The van der Waals surface area contributed by atoms with Crippen molar-refractivity contribution in [3.05, 3.63) is 88.1 Å². The molecular weight excluding hydrogens is 640 g/mol. The summed E-state index contributed by atoms with van der Waals surface area (Å²) in [6.07, 6.45) is 3.35. The summed E-state index contributed by atoms with van der Waals surface area (Å²) in [4.78, 5) is 27.8. The first kappa shape index (κ1) is 35.9. The number of carbonyl (C=O) groups excluding carboxylic acids is 1. The Balaban J connectivity index is 1.39. The minimum Gasteiger partial charge on any atom is -0.493 e. The molecule has 49 heavy (non-hydrogen) atoms. The van der Waals surface area contributed by atoms with Gasteiger partial charge in [0.05, 0.1) is 17.8 Å². The summed E-state index contributed by atoms with van der Waals surface area (Å²) < 4.78 is 18.2. The maximum Gasteiger partial charge on any atom is 0.262 e. The van der Waals surface area contributed by atoms with Crippen LogP contribution in [-0.4, -0.2) is 78.2 Å². The molecule has 2 heterocycles. The van der Waals surface area contributed by atoms with Crippen LogP contribution in [0.5, 0.6) is 23.1 Å². The molecule has 4 aromatic rings. The minimum absolute atomic E-state index is 0.0628.